The molecule has 0 spiro atoms. The van der Waals surface area contributed by atoms with Gasteiger partial charge in [0.1, 0.15) is 0 Å². The lowest BCUT2D eigenvalue weighted by Crippen LogP contribution is -2.38. The molecule has 0 fully saturated rings. The summed E-state index contributed by atoms with van der Waals surface area (Å²) in [6.07, 6.45) is 5.61. The molecule has 1 atom stereocenters. The SMILES string of the molecule is CCNC(=NCc1cccc(Cn2ccnc2)c1)NC(C)c1ccccc1.I. The average molecular weight is 489 g/mol. The van der Waals surface area contributed by atoms with Gasteiger partial charge in [-0.2, -0.15) is 0 Å². The molecular weight excluding hydrogens is 461 g/mol. The van der Waals surface area contributed by atoms with E-state index in [1.165, 1.54) is 16.7 Å². The van der Waals surface area contributed by atoms with Crippen molar-refractivity contribution >= 4 is 29.9 Å². The van der Waals surface area contributed by atoms with Gasteiger partial charge in [0.05, 0.1) is 18.9 Å². The summed E-state index contributed by atoms with van der Waals surface area (Å²) < 4.78 is 2.07. The molecule has 0 bridgehead atoms. The molecule has 1 unspecified atom stereocenters. The molecule has 3 rings (SSSR count). The van der Waals surface area contributed by atoms with E-state index >= 15 is 0 Å². The van der Waals surface area contributed by atoms with E-state index in [0.717, 1.165) is 19.0 Å². The maximum absolute atomic E-state index is 4.76. The minimum Gasteiger partial charge on any atom is -0.357 e. The molecule has 0 saturated carbocycles. The van der Waals surface area contributed by atoms with Crippen molar-refractivity contribution in [1.29, 1.82) is 0 Å². The van der Waals surface area contributed by atoms with Crippen molar-refractivity contribution in [2.45, 2.75) is 33.0 Å². The minimum absolute atomic E-state index is 0. The summed E-state index contributed by atoms with van der Waals surface area (Å²) >= 11 is 0. The number of guanidine groups is 1. The third-order valence-corrected chi connectivity index (χ3v) is 4.33. The van der Waals surface area contributed by atoms with Crippen LogP contribution in [0.3, 0.4) is 0 Å². The lowest BCUT2D eigenvalue weighted by Gasteiger charge is -2.18. The van der Waals surface area contributed by atoms with E-state index in [2.05, 4.69) is 82.6 Å². The Morgan fingerprint density at radius 2 is 1.89 bits per heavy atom. The van der Waals surface area contributed by atoms with Crippen LogP contribution < -0.4 is 10.6 Å². The van der Waals surface area contributed by atoms with E-state index in [4.69, 9.17) is 4.99 Å². The van der Waals surface area contributed by atoms with Gasteiger partial charge in [0.25, 0.3) is 0 Å². The minimum atomic E-state index is 0. The van der Waals surface area contributed by atoms with Crippen molar-refractivity contribution in [2.24, 2.45) is 4.99 Å². The highest BCUT2D eigenvalue weighted by molar-refractivity contribution is 14.0. The summed E-state index contributed by atoms with van der Waals surface area (Å²) in [7, 11) is 0. The van der Waals surface area contributed by atoms with Crippen molar-refractivity contribution in [1.82, 2.24) is 20.2 Å². The Hall–Kier alpha value is -2.35. The molecule has 0 aliphatic heterocycles. The lowest BCUT2D eigenvalue weighted by atomic mass is 10.1. The zero-order valence-corrected chi connectivity index (χ0v) is 18.7. The zero-order valence-electron chi connectivity index (χ0n) is 16.4. The summed E-state index contributed by atoms with van der Waals surface area (Å²) in [6, 6.07) is 19.1. The number of nitrogens with zero attached hydrogens (tertiary/aromatic N) is 3. The molecule has 0 radical (unpaired) electrons. The Bertz CT molecular complexity index is 846. The highest BCUT2D eigenvalue weighted by Crippen LogP contribution is 2.12. The number of aliphatic imine (C=N–C) groups is 1. The van der Waals surface area contributed by atoms with E-state index in [9.17, 15) is 0 Å². The van der Waals surface area contributed by atoms with Crippen molar-refractivity contribution < 1.29 is 0 Å². The summed E-state index contributed by atoms with van der Waals surface area (Å²) in [6.45, 7) is 6.51. The predicted octanol–water partition coefficient (Wildman–Crippen LogP) is 4.37. The highest BCUT2D eigenvalue weighted by Gasteiger charge is 2.07. The predicted molar refractivity (Wildman–Crippen MR) is 126 cm³/mol. The quantitative estimate of drug-likeness (QED) is 0.295. The molecule has 0 amide bonds. The van der Waals surface area contributed by atoms with Crippen LogP contribution in [0.15, 0.2) is 78.3 Å². The van der Waals surface area contributed by atoms with E-state index < -0.39 is 0 Å². The number of nitrogens with one attached hydrogen (secondary N) is 2. The number of benzene rings is 2. The summed E-state index contributed by atoms with van der Waals surface area (Å²) in [5, 5.41) is 6.81. The van der Waals surface area contributed by atoms with Gasteiger partial charge in [0.15, 0.2) is 5.96 Å². The molecule has 28 heavy (non-hydrogen) atoms. The van der Waals surface area contributed by atoms with Crippen molar-refractivity contribution in [3.63, 3.8) is 0 Å². The Labute approximate surface area is 184 Å². The number of hydrogen-bond donors (Lipinski definition) is 2. The third-order valence-electron chi connectivity index (χ3n) is 4.33. The van der Waals surface area contributed by atoms with Crippen LogP contribution in [-0.2, 0) is 13.1 Å². The Kier molecular flexibility index (Phi) is 9.00. The lowest BCUT2D eigenvalue weighted by molar-refractivity contribution is 0.686. The highest BCUT2D eigenvalue weighted by atomic mass is 127. The second-order valence-electron chi connectivity index (χ2n) is 6.53. The second kappa shape index (κ2) is 11.5. The van der Waals surface area contributed by atoms with Gasteiger partial charge in [0.2, 0.25) is 0 Å². The first-order valence-corrected chi connectivity index (χ1v) is 9.38. The molecule has 2 N–H and O–H groups in total. The molecule has 2 aromatic carbocycles. The molecule has 0 aliphatic carbocycles. The van der Waals surface area contributed by atoms with Crippen molar-refractivity contribution in [3.05, 3.63) is 90.0 Å². The first kappa shape index (κ1) is 21.9. The number of rotatable bonds is 7. The van der Waals surface area contributed by atoms with Gasteiger partial charge in [-0.15, -0.1) is 24.0 Å². The fourth-order valence-corrected chi connectivity index (χ4v) is 2.94. The van der Waals surface area contributed by atoms with Gasteiger partial charge in [-0.25, -0.2) is 9.98 Å². The maximum atomic E-state index is 4.76. The van der Waals surface area contributed by atoms with Crippen molar-refractivity contribution in [3.8, 4) is 0 Å². The maximum Gasteiger partial charge on any atom is 0.192 e. The monoisotopic (exact) mass is 489 g/mol. The van der Waals surface area contributed by atoms with Gasteiger partial charge in [-0.1, -0.05) is 54.6 Å². The van der Waals surface area contributed by atoms with Crippen molar-refractivity contribution in [2.75, 3.05) is 6.54 Å². The molecule has 1 aromatic heterocycles. The topological polar surface area (TPSA) is 54.2 Å². The molecule has 6 heteroatoms. The molecule has 148 valence electrons. The summed E-state index contributed by atoms with van der Waals surface area (Å²) in [5.74, 6) is 0.828. The first-order valence-electron chi connectivity index (χ1n) is 9.38. The number of hydrogen-bond acceptors (Lipinski definition) is 2. The van der Waals surface area contributed by atoms with E-state index in [-0.39, 0.29) is 30.0 Å². The van der Waals surface area contributed by atoms with E-state index in [0.29, 0.717) is 6.54 Å². The van der Waals surface area contributed by atoms with Crippen LogP contribution in [0.2, 0.25) is 0 Å². The largest absolute Gasteiger partial charge is 0.357 e. The van der Waals surface area contributed by atoms with Crippen LogP contribution in [0.4, 0.5) is 0 Å². The average Bonchev–Trinajstić information content (AvgIpc) is 3.20. The van der Waals surface area contributed by atoms with Gasteiger partial charge >= 0.3 is 0 Å². The second-order valence-corrected chi connectivity index (χ2v) is 6.53. The first-order chi connectivity index (χ1) is 13.2. The number of imidazole rings is 1. The van der Waals surface area contributed by atoms with Crippen LogP contribution >= 0.6 is 24.0 Å². The molecular formula is C22H28IN5. The summed E-state index contributed by atoms with van der Waals surface area (Å²) in [4.78, 5) is 8.86. The van der Waals surface area contributed by atoms with Gasteiger partial charge < -0.3 is 15.2 Å². The van der Waals surface area contributed by atoms with E-state index in [1.54, 1.807) is 6.20 Å². The Morgan fingerprint density at radius 1 is 1.11 bits per heavy atom. The smallest absolute Gasteiger partial charge is 0.192 e. The number of aromatic nitrogens is 2. The van der Waals surface area contributed by atoms with Gasteiger partial charge in [0, 0.05) is 25.5 Å². The van der Waals surface area contributed by atoms with Crippen LogP contribution in [0, 0.1) is 0 Å². The van der Waals surface area contributed by atoms with Crippen LogP contribution in [-0.4, -0.2) is 22.1 Å². The van der Waals surface area contributed by atoms with Crippen LogP contribution in [0.1, 0.15) is 36.6 Å². The van der Waals surface area contributed by atoms with Crippen LogP contribution in [0.5, 0.6) is 0 Å². The van der Waals surface area contributed by atoms with Gasteiger partial charge in [-0.3, -0.25) is 0 Å². The standard InChI is InChI=1S/C22H27N5.HI/c1-3-24-22(26-18(2)21-10-5-4-6-11-21)25-15-19-8-7-9-20(14-19)16-27-13-12-23-17-27;/h4-14,17-18H,3,15-16H2,1-2H3,(H2,24,25,26);1H. The number of halogens is 1. The normalized spacial score (nSPS) is 12.1. The Morgan fingerprint density at radius 3 is 2.61 bits per heavy atom. The third kappa shape index (κ3) is 6.67. The zero-order chi connectivity index (χ0) is 18.9. The fraction of sp³-hybridized carbons (Fsp3) is 0.273. The summed E-state index contributed by atoms with van der Waals surface area (Å²) in [5.41, 5.74) is 3.68. The fourth-order valence-electron chi connectivity index (χ4n) is 2.94. The van der Waals surface area contributed by atoms with Gasteiger partial charge in [-0.05, 0) is 30.5 Å². The molecule has 0 saturated heterocycles. The molecule has 5 nitrogen and oxygen atoms in total. The molecule has 0 aliphatic rings. The molecule has 1 heterocycles. The molecule has 3 aromatic rings. The Balaban J connectivity index is 0.00000280. The van der Waals surface area contributed by atoms with E-state index in [1.807, 2.05) is 18.6 Å². The van der Waals surface area contributed by atoms with Crippen LogP contribution in [0.25, 0.3) is 0 Å².